The van der Waals surface area contributed by atoms with Crippen molar-refractivity contribution >= 4 is 5.82 Å². The second-order valence-corrected chi connectivity index (χ2v) is 4.77. The highest BCUT2D eigenvalue weighted by atomic mass is 19.4. The summed E-state index contributed by atoms with van der Waals surface area (Å²) in [5.74, 6) is 0.462. The van der Waals surface area contributed by atoms with Crippen LogP contribution >= 0.6 is 0 Å². The van der Waals surface area contributed by atoms with Crippen molar-refractivity contribution in [3.8, 4) is 5.88 Å². The number of aromatic nitrogens is 2. The Bertz CT molecular complexity index is 530. The van der Waals surface area contributed by atoms with Crippen LogP contribution in [0.2, 0.25) is 0 Å². The number of ether oxygens (including phenoxy) is 1. The molecule has 0 radical (unpaired) electrons. The zero-order valence-corrected chi connectivity index (χ0v) is 11.0. The third kappa shape index (κ3) is 3.31. The highest BCUT2D eigenvalue weighted by Crippen LogP contribution is 2.40. The second-order valence-electron chi connectivity index (χ2n) is 4.77. The summed E-state index contributed by atoms with van der Waals surface area (Å²) in [6.45, 7) is -0.435. The zero-order chi connectivity index (χ0) is 15.8. The molecule has 1 aliphatic rings. The summed E-state index contributed by atoms with van der Waals surface area (Å²) in [6.07, 6.45) is -4.03. The molecular weight excluding hydrogens is 299 g/mol. The van der Waals surface area contributed by atoms with E-state index in [4.69, 9.17) is 5.84 Å². The minimum Gasteiger partial charge on any atom is -0.471 e. The minimum absolute atomic E-state index is 0.0585. The van der Waals surface area contributed by atoms with Crippen LogP contribution in [0.1, 0.15) is 30.1 Å². The van der Waals surface area contributed by atoms with Gasteiger partial charge in [0, 0.05) is 5.92 Å². The molecule has 3 N–H and O–H groups in total. The summed E-state index contributed by atoms with van der Waals surface area (Å²) in [5, 5.41) is 0. The van der Waals surface area contributed by atoms with E-state index in [1.807, 2.05) is 0 Å². The van der Waals surface area contributed by atoms with Crippen molar-refractivity contribution in [2.75, 3.05) is 12.0 Å². The molecule has 0 amide bonds. The van der Waals surface area contributed by atoms with Gasteiger partial charge in [0.25, 0.3) is 0 Å². The van der Waals surface area contributed by atoms with Gasteiger partial charge in [-0.3, -0.25) is 0 Å². The standard InChI is InChI=1S/C11H13F5N4O/c1-5-7(20-17)18-8(6-2-3-6)19-9(5)21-4-10(12,13)11(14,15)16/h6H,2-4,17H2,1H3,(H,18,19,20). The largest absolute Gasteiger partial charge is 0.471 e. The number of halogens is 5. The van der Waals surface area contributed by atoms with Crippen molar-refractivity contribution in [1.82, 2.24) is 9.97 Å². The van der Waals surface area contributed by atoms with Gasteiger partial charge in [0.1, 0.15) is 11.6 Å². The Balaban J connectivity index is 2.21. The van der Waals surface area contributed by atoms with E-state index in [2.05, 4.69) is 20.1 Å². The molecule has 0 unspecified atom stereocenters. The summed E-state index contributed by atoms with van der Waals surface area (Å²) in [5.41, 5.74) is 2.41. The SMILES string of the molecule is Cc1c(NN)nc(C2CC2)nc1OCC(F)(F)C(F)(F)F. The van der Waals surface area contributed by atoms with Gasteiger partial charge in [-0.05, 0) is 19.8 Å². The number of rotatable bonds is 5. The van der Waals surface area contributed by atoms with E-state index in [1.54, 1.807) is 0 Å². The van der Waals surface area contributed by atoms with Gasteiger partial charge in [0.05, 0.1) is 5.56 Å². The summed E-state index contributed by atoms with van der Waals surface area (Å²) in [7, 11) is 0. The smallest absolute Gasteiger partial charge is 0.456 e. The predicted octanol–water partition coefficient (Wildman–Crippen LogP) is 2.52. The molecule has 0 bridgehead atoms. The molecule has 0 atom stereocenters. The Morgan fingerprint density at radius 1 is 1.24 bits per heavy atom. The van der Waals surface area contributed by atoms with Crippen molar-refractivity contribution in [3.05, 3.63) is 11.4 Å². The van der Waals surface area contributed by atoms with E-state index in [0.29, 0.717) is 5.82 Å². The number of nitrogens with zero attached hydrogens (tertiary/aromatic N) is 2. The van der Waals surface area contributed by atoms with E-state index in [1.165, 1.54) is 6.92 Å². The highest BCUT2D eigenvalue weighted by Gasteiger charge is 2.58. The maximum atomic E-state index is 12.9. The molecule has 0 spiro atoms. The number of hydrazine groups is 1. The molecule has 118 valence electrons. The van der Waals surface area contributed by atoms with Crippen LogP contribution in [-0.4, -0.2) is 28.7 Å². The maximum absolute atomic E-state index is 12.9. The van der Waals surface area contributed by atoms with E-state index >= 15 is 0 Å². The molecule has 1 saturated carbocycles. The normalized spacial score (nSPS) is 16.0. The molecule has 0 aromatic carbocycles. The molecule has 1 aromatic rings. The first-order chi connectivity index (χ1) is 9.65. The average Bonchev–Trinajstić information content (AvgIpc) is 3.20. The number of nitrogens with two attached hydrogens (primary N) is 1. The Morgan fingerprint density at radius 2 is 1.86 bits per heavy atom. The summed E-state index contributed by atoms with van der Waals surface area (Å²) in [6, 6.07) is 0. The summed E-state index contributed by atoms with van der Waals surface area (Å²) >= 11 is 0. The molecule has 5 nitrogen and oxygen atoms in total. The van der Waals surface area contributed by atoms with E-state index < -0.39 is 18.7 Å². The van der Waals surface area contributed by atoms with Gasteiger partial charge in [-0.15, -0.1) is 0 Å². The van der Waals surface area contributed by atoms with Gasteiger partial charge in [-0.1, -0.05) is 0 Å². The highest BCUT2D eigenvalue weighted by molar-refractivity contribution is 5.48. The minimum atomic E-state index is -5.68. The summed E-state index contributed by atoms with van der Waals surface area (Å²) in [4.78, 5) is 7.97. The lowest BCUT2D eigenvalue weighted by Gasteiger charge is -2.20. The van der Waals surface area contributed by atoms with Crippen molar-refractivity contribution in [1.29, 1.82) is 0 Å². The van der Waals surface area contributed by atoms with Gasteiger partial charge in [0.15, 0.2) is 6.61 Å². The van der Waals surface area contributed by atoms with Crippen LogP contribution in [0.15, 0.2) is 0 Å². The van der Waals surface area contributed by atoms with Crippen molar-refractivity contribution in [2.45, 2.75) is 37.8 Å². The number of nitrogen functional groups attached to an aromatic ring is 1. The van der Waals surface area contributed by atoms with Gasteiger partial charge >= 0.3 is 12.1 Å². The quantitative estimate of drug-likeness (QED) is 0.496. The van der Waals surface area contributed by atoms with E-state index in [0.717, 1.165) is 12.8 Å². The summed E-state index contributed by atoms with van der Waals surface area (Å²) < 4.78 is 66.6. The average molecular weight is 312 g/mol. The number of hydrogen-bond acceptors (Lipinski definition) is 5. The number of nitrogens with one attached hydrogen (secondary N) is 1. The predicted molar refractivity (Wildman–Crippen MR) is 63.1 cm³/mol. The molecule has 1 aromatic heterocycles. The molecular formula is C11H13F5N4O. The topological polar surface area (TPSA) is 73.1 Å². The van der Waals surface area contributed by atoms with Crippen LogP contribution in [0.4, 0.5) is 27.8 Å². The molecule has 0 aliphatic heterocycles. The Kier molecular flexibility index (Phi) is 3.91. The fourth-order valence-corrected chi connectivity index (χ4v) is 1.56. The zero-order valence-electron chi connectivity index (χ0n) is 11.0. The molecule has 2 rings (SSSR count). The molecule has 1 fully saturated rings. The van der Waals surface area contributed by atoms with Crippen LogP contribution in [0.25, 0.3) is 0 Å². The van der Waals surface area contributed by atoms with Crippen molar-refractivity contribution < 1.29 is 26.7 Å². The van der Waals surface area contributed by atoms with E-state index in [9.17, 15) is 22.0 Å². The van der Waals surface area contributed by atoms with Crippen LogP contribution in [-0.2, 0) is 0 Å². The Morgan fingerprint density at radius 3 is 2.33 bits per heavy atom. The van der Waals surface area contributed by atoms with Gasteiger partial charge < -0.3 is 10.2 Å². The molecule has 0 saturated heterocycles. The van der Waals surface area contributed by atoms with Crippen molar-refractivity contribution in [3.63, 3.8) is 0 Å². The lowest BCUT2D eigenvalue weighted by molar-refractivity contribution is -0.290. The van der Waals surface area contributed by atoms with Gasteiger partial charge in [0.2, 0.25) is 5.88 Å². The molecule has 10 heteroatoms. The first-order valence-corrected chi connectivity index (χ1v) is 6.08. The van der Waals surface area contributed by atoms with Crippen LogP contribution < -0.4 is 16.0 Å². The Hall–Kier alpha value is -1.71. The first kappa shape index (κ1) is 15.7. The molecule has 1 heterocycles. The fourth-order valence-electron chi connectivity index (χ4n) is 1.56. The maximum Gasteiger partial charge on any atom is 0.456 e. The Labute approximate surface area is 116 Å². The van der Waals surface area contributed by atoms with E-state index in [-0.39, 0.29) is 23.2 Å². The van der Waals surface area contributed by atoms with Crippen LogP contribution in [0.5, 0.6) is 5.88 Å². The third-order valence-corrected chi connectivity index (χ3v) is 3.00. The number of hydrogen-bond donors (Lipinski definition) is 2. The van der Waals surface area contributed by atoms with Crippen LogP contribution in [0, 0.1) is 6.92 Å². The monoisotopic (exact) mass is 312 g/mol. The number of alkyl halides is 5. The van der Waals surface area contributed by atoms with Gasteiger partial charge in [-0.2, -0.15) is 26.9 Å². The fraction of sp³-hybridized carbons (Fsp3) is 0.636. The van der Waals surface area contributed by atoms with Crippen molar-refractivity contribution in [2.24, 2.45) is 5.84 Å². The lowest BCUT2D eigenvalue weighted by atomic mass is 10.3. The lowest BCUT2D eigenvalue weighted by Crippen LogP contribution is -2.42. The third-order valence-electron chi connectivity index (χ3n) is 3.00. The number of anilines is 1. The molecule has 1 aliphatic carbocycles. The molecule has 21 heavy (non-hydrogen) atoms. The van der Waals surface area contributed by atoms with Gasteiger partial charge in [-0.25, -0.2) is 10.8 Å². The first-order valence-electron chi connectivity index (χ1n) is 6.08. The van der Waals surface area contributed by atoms with Crippen LogP contribution in [0.3, 0.4) is 0 Å². The second kappa shape index (κ2) is 5.24.